The largest absolute Gasteiger partial charge is 0.461 e. The summed E-state index contributed by atoms with van der Waals surface area (Å²) >= 11 is 6.02. The lowest BCUT2D eigenvalue weighted by Gasteiger charge is -2.10. The molecule has 0 aromatic heterocycles. The van der Waals surface area contributed by atoms with E-state index in [0.29, 0.717) is 21.4 Å². The summed E-state index contributed by atoms with van der Waals surface area (Å²) in [5, 5.41) is 1.84. The molecule has 1 unspecified atom stereocenters. The van der Waals surface area contributed by atoms with Gasteiger partial charge in [0.05, 0.1) is 5.36 Å². The van der Waals surface area contributed by atoms with E-state index < -0.39 is 6.23 Å². The Labute approximate surface area is 125 Å². The lowest BCUT2D eigenvalue weighted by atomic mass is 10.1. The maximum absolute atomic E-state index is 12.1. The minimum absolute atomic E-state index is 0.263. The Bertz CT molecular complexity index is 904. The van der Waals surface area contributed by atoms with E-state index in [0.717, 1.165) is 5.56 Å². The van der Waals surface area contributed by atoms with Crippen LogP contribution in [0.4, 0.5) is 0 Å². The summed E-state index contributed by atoms with van der Waals surface area (Å²) in [6.45, 7) is 0. The quantitative estimate of drug-likeness (QED) is 0.805. The van der Waals surface area contributed by atoms with Crippen LogP contribution >= 0.6 is 11.6 Å². The minimum atomic E-state index is -0.514. The minimum Gasteiger partial charge on any atom is -0.461 e. The fourth-order valence-electron chi connectivity index (χ4n) is 2.42. The predicted molar refractivity (Wildman–Crippen MR) is 78.4 cm³/mol. The molecule has 2 aromatic rings. The van der Waals surface area contributed by atoms with Crippen molar-refractivity contribution in [2.45, 2.75) is 6.23 Å². The van der Waals surface area contributed by atoms with Crippen molar-refractivity contribution in [3.63, 3.8) is 0 Å². The molecule has 2 aliphatic rings. The first kappa shape index (κ1) is 12.3. The molecule has 2 heterocycles. The van der Waals surface area contributed by atoms with Gasteiger partial charge in [-0.1, -0.05) is 41.9 Å². The van der Waals surface area contributed by atoms with E-state index in [9.17, 15) is 4.79 Å². The molecule has 0 saturated carbocycles. The van der Waals surface area contributed by atoms with E-state index in [4.69, 9.17) is 16.3 Å². The highest BCUT2D eigenvalue weighted by atomic mass is 35.5. The highest BCUT2D eigenvalue weighted by Gasteiger charge is 2.32. The van der Waals surface area contributed by atoms with Crippen molar-refractivity contribution in [2.24, 2.45) is 9.98 Å². The predicted octanol–water partition coefficient (Wildman–Crippen LogP) is 1.78. The first-order valence-corrected chi connectivity index (χ1v) is 6.83. The zero-order valence-corrected chi connectivity index (χ0v) is 11.5. The van der Waals surface area contributed by atoms with Crippen molar-refractivity contribution in [2.75, 3.05) is 0 Å². The standard InChI is InChI=1S/C16H9ClN2O2/c17-10-6-7-12-11(8-10)14-13(15(20)18-12)19-16(21-14)9-4-2-1-3-5-9/h1-8,16H. The van der Waals surface area contributed by atoms with Crippen LogP contribution in [-0.4, -0.2) is 11.6 Å². The van der Waals surface area contributed by atoms with E-state index in [1.165, 1.54) is 0 Å². The van der Waals surface area contributed by atoms with Crippen LogP contribution in [0, 0.1) is 0 Å². The van der Waals surface area contributed by atoms with Gasteiger partial charge in [0.15, 0.2) is 11.5 Å². The number of aliphatic imine (C=N–C) groups is 1. The molecule has 2 aliphatic heterocycles. The second kappa shape index (κ2) is 4.53. The van der Waals surface area contributed by atoms with Crippen molar-refractivity contribution < 1.29 is 9.53 Å². The van der Waals surface area contributed by atoms with Crippen molar-refractivity contribution in [3.8, 4) is 0 Å². The third-order valence-corrected chi connectivity index (χ3v) is 3.64. The van der Waals surface area contributed by atoms with Gasteiger partial charge < -0.3 is 4.74 Å². The number of carbonyl (C=O) groups excluding carboxylic acids is 1. The summed E-state index contributed by atoms with van der Waals surface area (Å²) < 4.78 is 5.88. The second-order valence-corrected chi connectivity index (χ2v) is 5.20. The number of hydrogen-bond acceptors (Lipinski definition) is 3. The van der Waals surface area contributed by atoms with Crippen LogP contribution in [0.15, 0.2) is 58.5 Å². The monoisotopic (exact) mass is 296 g/mol. The van der Waals surface area contributed by atoms with E-state index >= 15 is 0 Å². The third-order valence-electron chi connectivity index (χ3n) is 3.40. The summed E-state index contributed by atoms with van der Waals surface area (Å²) in [5.74, 6) is 0.0830. The van der Waals surface area contributed by atoms with Gasteiger partial charge in [-0.3, -0.25) is 4.79 Å². The number of halogens is 1. The fraction of sp³-hybridized carbons (Fsp3) is 0.0625. The summed E-state index contributed by atoms with van der Waals surface area (Å²) in [4.78, 5) is 20.5. The van der Waals surface area contributed by atoms with Gasteiger partial charge in [0, 0.05) is 15.8 Å². The Morgan fingerprint density at radius 2 is 1.90 bits per heavy atom. The molecule has 0 N–H and O–H groups in total. The average Bonchev–Trinajstić information content (AvgIpc) is 2.95. The van der Waals surface area contributed by atoms with E-state index in [-0.39, 0.29) is 11.6 Å². The van der Waals surface area contributed by atoms with Gasteiger partial charge in [0.25, 0.3) is 5.91 Å². The second-order valence-electron chi connectivity index (χ2n) is 4.77. The summed E-state index contributed by atoms with van der Waals surface area (Å²) in [5.41, 5.74) is 1.15. The number of amides is 1. The summed E-state index contributed by atoms with van der Waals surface area (Å²) in [6, 6.07) is 14.7. The van der Waals surface area contributed by atoms with Crippen LogP contribution in [0.3, 0.4) is 0 Å². The molecule has 0 aliphatic carbocycles. The Hall–Kier alpha value is -2.46. The molecule has 0 radical (unpaired) electrons. The molecule has 102 valence electrons. The molecule has 4 nitrogen and oxygen atoms in total. The molecule has 21 heavy (non-hydrogen) atoms. The van der Waals surface area contributed by atoms with Crippen molar-refractivity contribution in [1.82, 2.24) is 0 Å². The topological polar surface area (TPSA) is 51.0 Å². The molecule has 2 aromatic carbocycles. The molecule has 1 atom stereocenters. The van der Waals surface area contributed by atoms with Gasteiger partial charge in [-0.05, 0) is 18.2 Å². The third kappa shape index (κ3) is 1.96. The van der Waals surface area contributed by atoms with E-state index in [1.54, 1.807) is 18.2 Å². The summed E-state index contributed by atoms with van der Waals surface area (Å²) in [7, 11) is 0. The van der Waals surface area contributed by atoms with E-state index in [1.807, 2.05) is 30.3 Å². The van der Waals surface area contributed by atoms with Gasteiger partial charge in [0.2, 0.25) is 6.23 Å². The Morgan fingerprint density at radius 1 is 1.10 bits per heavy atom. The van der Waals surface area contributed by atoms with Gasteiger partial charge >= 0.3 is 0 Å². The normalized spacial score (nSPS) is 19.3. The average molecular weight is 297 g/mol. The lowest BCUT2D eigenvalue weighted by molar-refractivity contribution is -0.112. The molecular formula is C16H9ClN2O2. The smallest absolute Gasteiger partial charge is 0.299 e. The number of carbonyl (C=O) groups is 1. The first-order chi connectivity index (χ1) is 10.2. The van der Waals surface area contributed by atoms with Gasteiger partial charge in [-0.2, -0.15) is 0 Å². The maximum atomic E-state index is 12.1. The van der Waals surface area contributed by atoms with Crippen molar-refractivity contribution >= 4 is 29.0 Å². The van der Waals surface area contributed by atoms with Crippen LogP contribution in [0.25, 0.3) is 5.76 Å². The van der Waals surface area contributed by atoms with Crippen LogP contribution in [0.1, 0.15) is 11.8 Å². The molecular weight excluding hydrogens is 288 g/mol. The number of ether oxygens (including phenoxy) is 1. The van der Waals surface area contributed by atoms with Crippen LogP contribution in [0.5, 0.6) is 0 Å². The van der Waals surface area contributed by atoms with Gasteiger partial charge in [0.1, 0.15) is 0 Å². The number of benzene rings is 2. The number of rotatable bonds is 1. The van der Waals surface area contributed by atoms with Gasteiger partial charge in [-0.15, -0.1) is 0 Å². The fourth-order valence-corrected chi connectivity index (χ4v) is 2.60. The highest BCUT2D eigenvalue weighted by Crippen LogP contribution is 2.30. The SMILES string of the molecule is O=C1N=c2ccc(Cl)cc2=C2OC(c3ccccc3)N=C12. The van der Waals surface area contributed by atoms with Crippen molar-refractivity contribution in [3.05, 3.63) is 69.7 Å². The Morgan fingerprint density at radius 3 is 2.71 bits per heavy atom. The molecule has 5 heteroatoms. The molecule has 4 rings (SSSR count). The zero-order chi connectivity index (χ0) is 14.4. The van der Waals surface area contributed by atoms with Crippen LogP contribution in [-0.2, 0) is 9.53 Å². The molecule has 0 saturated heterocycles. The first-order valence-electron chi connectivity index (χ1n) is 6.45. The lowest BCUT2D eigenvalue weighted by Crippen LogP contribution is -2.37. The molecule has 0 bridgehead atoms. The Kier molecular flexibility index (Phi) is 2.65. The van der Waals surface area contributed by atoms with E-state index in [2.05, 4.69) is 9.98 Å². The van der Waals surface area contributed by atoms with Crippen molar-refractivity contribution in [1.29, 1.82) is 0 Å². The van der Waals surface area contributed by atoms with Crippen LogP contribution in [0.2, 0.25) is 5.02 Å². The molecule has 0 spiro atoms. The Balaban J connectivity index is 1.92. The highest BCUT2D eigenvalue weighted by molar-refractivity contribution is 6.54. The molecule has 1 amide bonds. The van der Waals surface area contributed by atoms with Gasteiger partial charge in [-0.25, -0.2) is 9.98 Å². The molecule has 0 fully saturated rings. The number of hydrogen-bond donors (Lipinski definition) is 0. The maximum Gasteiger partial charge on any atom is 0.299 e. The van der Waals surface area contributed by atoms with Crippen LogP contribution < -0.4 is 10.6 Å². The number of nitrogens with zero attached hydrogens (tertiary/aromatic N) is 2. The number of fused-ring (bicyclic) bond motifs is 2. The summed E-state index contributed by atoms with van der Waals surface area (Å²) in [6.07, 6.45) is -0.514. The zero-order valence-electron chi connectivity index (χ0n) is 10.8.